The second-order valence-electron chi connectivity index (χ2n) is 10.3. The van der Waals surface area contributed by atoms with Crippen LogP contribution in [0.4, 0.5) is 8.78 Å². The highest BCUT2D eigenvalue weighted by Gasteiger charge is 2.50. The number of amides is 3. The lowest BCUT2D eigenvalue weighted by Crippen LogP contribution is -2.55. The average molecular weight is 530 g/mol. The summed E-state index contributed by atoms with van der Waals surface area (Å²) in [5, 5.41) is 13.2. The Morgan fingerprint density at radius 3 is 2.47 bits per heavy atom. The second-order valence-corrected chi connectivity index (χ2v) is 10.3. The van der Waals surface area contributed by atoms with Crippen molar-refractivity contribution in [1.29, 1.82) is 0 Å². The molecule has 1 saturated carbocycles. The van der Waals surface area contributed by atoms with Gasteiger partial charge < -0.3 is 20.2 Å². The van der Waals surface area contributed by atoms with Gasteiger partial charge in [-0.15, -0.1) is 0 Å². The number of carbonyl (C=O) groups is 3. The number of nitrogens with zero attached hydrogens (tertiary/aromatic N) is 4. The molecule has 1 aromatic heterocycles. The number of aromatic hydroxyl groups is 1. The summed E-state index contributed by atoms with van der Waals surface area (Å²) in [4.78, 5) is 59.5. The number of likely N-dealkylation sites (N-methyl/N-ethyl adjacent to an activating group) is 1. The lowest BCUT2D eigenvalue weighted by Gasteiger charge is -2.43. The van der Waals surface area contributed by atoms with E-state index in [1.165, 1.54) is 45.7 Å². The van der Waals surface area contributed by atoms with Gasteiger partial charge in [0.25, 0.3) is 11.5 Å². The number of aromatic nitrogens is 2. The molecule has 0 unspecified atom stereocenters. The Morgan fingerprint density at radius 1 is 1.16 bits per heavy atom. The molecule has 0 radical (unpaired) electrons. The van der Waals surface area contributed by atoms with Crippen molar-refractivity contribution in [2.45, 2.75) is 56.9 Å². The van der Waals surface area contributed by atoms with Gasteiger partial charge in [0.05, 0.1) is 6.54 Å². The van der Waals surface area contributed by atoms with Crippen molar-refractivity contribution in [3.05, 3.63) is 57.5 Å². The number of nitrogens with one attached hydrogen (secondary N) is 1. The third kappa shape index (κ3) is 4.41. The number of hydrogen-bond acceptors (Lipinski definition) is 6. The van der Waals surface area contributed by atoms with Gasteiger partial charge in [0, 0.05) is 26.7 Å². The van der Waals surface area contributed by atoms with Gasteiger partial charge in [0.1, 0.15) is 23.4 Å². The smallest absolute Gasteiger partial charge is 0.312 e. The predicted molar refractivity (Wildman–Crippen MR) is 130 cm³/mol. The topological polar surface area (TPSA) is 125 Å². The molecule has 3 amide bonds. The van der Waals surface area contributed by atoms with E-state index in [2.05, 4.69) is 10.3 Å². The minimum atomic E-state index is -1.18. The van der Waals surface area contributed by atoms with Gasteiger partial charge in [0.15, 0.2) is 5.69 Å². The molecule has 2 bridgehead atoms. The molecule has 4 heterocycles. The van der Waals surface area contributed by atoms with E-state index in [9.17, 15) is 33.1 Å². The molecule has 0 spiro atoms. The van der Waals surface area contributed by atoms with Crippen molar-refractivity contribution in [2.24, 2.45) is 5.92 Å². The molecule has 4 aliphatic rings. The quantitative estimate of drug-likeness (QED) is 0.578. The maximum Gasteiger partial charge on any atom is 0.312 e. The zero-order valence-electron chi connectivity index (χ0n) is 21.0. The average Bonchev–Trinajstić information content (AvgIpc) is 3.21. The molecule has 3 aliphatic heterocycles. The monoisotopic (exact) mass is 529 g/mol. The number of likely N-dealkylation sites (tertiary alicyclic amines) is 1. The summed E-state index contributed by atoms with van der Waals surface area (Å²) < 4.78 is 28.2. The van der Waals surface area contributed by atoms with Crippen LogP contribution in [0.5, 0.6) is 5.75 Å². The van der Waals surface area contributed by atoms with Gasteiger partial charge in [0.2, 0.25) is 5.75 Å². The Hall–Kier alpha value is -3.83. The number of benzene rings is 1. The van der Waals surface area contributed by atoms with E-state index in [0.29, 0.717) is 31.2 Å². The van der Waals surface area contributed by atoms with Crippen LogP contribution in [0.1, 0.15) is 54.0 Å². The van der Waals surface area contributed by atoms with Crippen molar-refractivity contribution in [1.82, 2.24) is 24.7 Å². The van der Waals surface area contributed by atoms with E-state index >= 15 is 0 Å². The van der Waals surface area contributed by atoms with E-state index in [0.717, 1.165) is 0 Å². The van der Waals surface area contributed by atoms with Crippen LogP contribution in [0.3, 0.4) is 0 Å². The molecule has 202 valence electrons. The van der Waals surface area contributed by atoms with E-state index < -0.39 is 52.3 Å². The third-order valence-corrected chi connectivity index (χ3v) is 8.06. The maximum absolute atomic E-state index is 13.7. The first-order valence-corrected chi connectivity index (χ1v) is 12.7. The number of halogens is 2. The van der Waals surface area contributed by atoms with Crippen LogP contribution in [-0.4, -0.2) is 68.5 Å². The summed E-state index contributed by atoms with van der Waals surface area (Å²) in [7, 11) is 1.46. The van der Waals surface area contributed by atoms with Crippen molar-refractivity contribution < 1.29 is 28.3 Å². The lowest BCUT2D eigenvalue weighted by molar-refractivity contribution is -0.155. The standard InChI is InChI=1S/C26H29F2N5O5/c1-31(23(37)24(38)32-11-8-18(28)14-32)26-9-6-16(7-10-26)13-33-22(36)20(34)19(30-25(26)33)21(35)29-12-15-2-4-17(27)5-3-15/h2-5,16,18,34H,6-14H2,1H3,(H,29,35)/t16?,18-,26?/m1/s1. The Bertz CT molecular complexity index is 1340. The maximum atomic E-state index is 13.7. The Balaban J connectivity index is 1.49. The van der Waals surface area contributed by atoms with E-state index in [1.807, 2.05) is 0 Å². The second kappa shape index (κ2) is 9.80. The molecule has 12 heteroatoms. The van der Waals surface area contributed by atoms with Crippen LogP contribution in [0.25, 0.3) is 0 Å². The van der Waals surface area contributed by atoms with Crippen LogP contribution in [0.15, 0.2) is 29.1 Å². The van der Waals surface area contributed by atoms with Crippen LogP contribution >= 0.6 is 0 Å². The minimum absolute atomic E-state index is 0.00413. The summed E-state index contributed by atoms with van der Waals surface area (Å²) in [6.07, 6.45) is 1.11. The van der Waals surface area contributed by atoms with E-state index in [1.54, 1.807) is 0 Å². The molecule has 10 nitrogen and oxygen atoms in total. The van der Waals surface area contributed by atoms with Crippen LogP contribution < -0.4 is 10.9 Å². The fraction of sp³-hybridized carbons (Fsp3) is 0.500. The first kappa shape index (κ1) is 25.8. The van der Waals surface area contributed by atoms with Gasteiger partial charge in [-0.2, -0.15) is 0 Å². The summed E-state index contributed by atoms with van der Waals surface area (Å²) in [5.74, 6) is -3.46. The molecule has 1 aromatic carbocycles. The molecule has 6 rings (SSSR count). The number of rotatable bonds is 4. The largest absolute Gasteiger partial charge is 0.501 e. The van der Waals surface area contributed by atoms with Gasteiger partial charge in [-0.1, -0.05) is 12.1 Å². The van der Waals surface area contributed by atoms with Crippen LogP contribution in [0.2, 0.25) is 0 Å². The van der Waals surface area contributed by atoms with E-state index in [4.69, 9.17) is 0 Å². The Kier molecular flexibility index (Phi) is 6.66. The molecule has 2 aromatic rings. The molecule has 1 aliphatic carbocycles. The van der Waals surface area contributed by atoms with Crippen LogP contribution in [-0.2, 0) is 28.2 Å². The normalized spacial score (nSPS) is 24.0. The first-order valence-electron chi connectivity index (χ1n) is 12.7. The van der Waals surface area contributed by atoms with Crippen LogP contribution in [0, 0.1) is 11.7 Å². The fourth-order valence-electron chi connectivity index (χ4n) is 5.78. The number of fused-ring (bicyclic) bond motifs is 2. The van der Waals surface area contributed by atoms with Gasteiger partial charge in [-0.3, -0.25) is 23.7 Å². The molecule has 1 atom stereocenters. The van der Waals surface area contributed by atoms with Crippen molar-refractivity contribution in [2.75, 3.05) is 20.1 Å². The van der Waals surface area contributed by atoms with Gasteiger partial charge in [-0.25, -0.2) is 13.8 Å². The van der Waals surface area contributed by atoms with Crippen molar-refractivity contribution in [3.63, 3.8) is 0 Å². The summed E-state index contributed by atoms with van der Waals surface area (Å²) in [6, 6.07) is 5.48. The highest BCUT2D eigenvalue weighted by atomic mass is 19.1. The summed E-state index contributed by atoms with van der Waals surface area (Å²) in [6.45, 7) is 0.271. The molecule has 1 saturated heterocycles. The van der Waals surface area contributed by atoms with Crippen molar-refractivity contribution in [3.8, 4) is 5.75 Å². The number of alkyl halides is 1. The van der Waals surface area contributed by atoms with E-state index in [-0.39, 0.29) is 44.3 Å². The predicted octanol–water partition coefficient (Wildman–Crippen LogP) is 1.45. The zero-order valence-corrected chi connectivity index (χ0v) is 21.0. The molecule has 2 N–H and O–H groups in total. The minimum Gasteiger partial charge on any atom is -0.501 e. The summed E-state index contributed by atoms with van der Waals surface area (Å²) >= 11 is 0. The fourth-order valence-corrected chi connectivity index (χ4v) is 5.78. The number of hydrogen-bond donors (Lipinski definition) is 2. The molecule has 38 heavy (non-hydrogen) atoms. The number of carbonyl (C=O) groups excluding carboxylic acids is 3. The SMILES string of the molecule is CN(C(=O)C(=O)N1CC[C@@H](F)C1)C12CCC(CC1)Cn1c2nc(C(=O)NCc2ccc(F)cc2)c(O)c1=O. The molecular formula is C26H29F2N5O5. The van der Waals surface area contributed by atoms with Gasteiger partial charge >= 0.3 is 11.8 Å². The summed E-state index contributed by atoms with van der Waals surface area (Å²) in [5.41, 5.74) is -1.85. The van der Waals surface area contributed by atoms with Gasteiger partial charge in [-0.05, 0) is 55.7 Å². The van der Waals surface area contributed by atoms with Crippen molar-refractivity contribution >= 4 is 17.7 Å². The molecule has 2 fully saturated rings. The highest BCUT2D eigenvalue weighted by Crippen LogP contribution is 2.46. The Morgan fingerprint density at radius 2 is 1.84 bits per heavy atom. The third-order valence-electron chi connectivity index (χ3n) is 8.06. The lowest BCUT2D eigenvalue weighted by atomic mass is 9.76. The highest BCUT2D eigenvalue weighted by molar-refractivity contribution is 6.35. The first-order chi connectivity index (χ1) is 18.1. The zero-order chi connectivity index (χ0) is 27.2. The Labute approximate surface area is 217 Å². The molecular weight excluding hydrogens is 500 g/mol.